The molecule has 1 fully saturated rings. The molecule has 1 unspecified atom stereocenters. The lowest BCUT2D eigenvalue weighted by atomic mass is 9.68. The molecular weight excluding hydrogens is 184 g/mol. The Morgan fingerprint density at radius 2 is 2.13 bits per heavy atom. The first-order valence-corrected chi connectivity index (χ1v) is 5.92. The molecule has 0 saturated heterocycles. The lowest BCUT2D eigenvalue weighted by Gasteiger charge is -2.45. The van der Waals surface area contributed by atoms with Gasteiger partial charge in [-0.05, 0) is 24.7 Å². The van der Waals surface area contributed by atoms with E-state index in [9.17, 15) is 0 Å². The Morgan fingerprint density at radius 1 is 1.40 bits per heavy atom. The van der Waals surface area contributed by atoms with E-state index in [1.807, 2.05) is 0 Å². The van der Waals surface area contributed by atoms with E-state index in [0.717, 1.165) is 19.5 Å². The molecule has 0 heterocycles. The standard InChI is InChI=1S/C13H24N2/c1-4-5-9-15-13(11-14)8-6-7-12(2,3)10-13/h1,15H,5-11,14H2,2-3H3. The van der Waals surface area contributed by atoms with Gasteiger partial charge in [-0.25, -0.2) is 0 Å². The number of nitrogens with two attached hydrogens (primary N) is 1. The zero-order valence-electron chi connectivity index (χ0n) is 10.1. The molecule has 0 radical (unpaired) electrons. The van der Waals surface area contributed by atoms with Gasteiger partial charge in [0.1, 0.15) is 0 Å². The molecule has 1 saturated carbocycles. The summed E-state index contributed by atoms with van der Waals surface area (Å²) in [5.74, 6) is 2.67. The minimum atomic E-state index is 0.137. The van der Waals surface area contributed by atoms with Gasteiger partial charge in [-0.3, -0.25) is 0 Å². The summed E-state index contributed by atoms with van der Waals surface area (Å²) in [6.45, 7) is 6.28. The molecule has 86 valence electrons. The van der Waals surface area contributed by atoms with Crippen LogP contribution in [-0.4, -0.2) is 18.6 Å². The van der Waals surface area contributed by atoms with Gasteiger partial charge < -0.3 is 11.1 Å². The van der Waals surface area contributed by atoms with Crippen LogP contribution in [0.15, 0.2) is 0 Å². The Kier molecular flexibility index (Phi) is 4.19. The summed E-state index contributed by atoms with van der Waals surface area (Å²) in [7, 11) is 0. The topological polar surface area (TPSA) is 38.0 Å². The predicted octanol–water partition coefficient (Wildman–Crippen LogP) is 1.90. The molecule has 1 rings (SSSR count). The van der Waals surface area contributed by atoms with Crippen molar-refractivity contribution in [2.24, 2.45) is 11.1 Å². The lowest BCUT2D eigenvalue weighted by molar-refractivity contribution is 0.125. The van der Waals surface area contributed by atoms with Crippen LogP contribution in [0.4, 0.5) is 0 Å². The highest BCUT2D eigenvalue weighted by molar-refractivity contribution is 4.98. The van der Waals surface area contributed by atoms with E-state index in [-0.39, 0.29) is 5.54 Å². The van der Waals surface area contributed by atoms with Crippen molar-refractivity contribution in [1.29, 1.82) is 0 Å². The number of rotatable bonds is 4. The van der Waals surface area contributed by atoms with Gasteiger partial charge >= 0.3 is 0 Å². The van der Waals surface area contributed by atoms with E-state index in [2.05, 4.69) is 25.1 Å². The number of terminal acetylenes is 1. The highest BCUT2D eigenvalue weighted by atomic mass is 15.0. The molecule has 0 aromatic carbocycles. The summed E-state index contributed by atoms with van der Waals surface area (Å²) in [5, 5.41) is 3.57. The quantitative estimate of drug-likeness (QED) is 0.547. The first-order chi connectivity index (χ1) is 7.04. The Morgan fingerprint density at radius 3 is 2.67 bits per heavy atom. The highest BCUT2D eigenvalue weighted by Gasteiger charge is 2.38. The maximum Gasteiger partial charge on any atom is 0.0309 e. The van der Waals surface area contributed by atoms with Gasteiger partial charge in [0, 0.05) is 25.0 Å². The van der Waals surface area contributed by atoms with Crippen LogP contribution in [0.5, 0.6) is 0 Å². The second-order valence-electron chi connectivity index (χ2n) is 5.56. The van der Waals surface area contributed by atoms with Crippen LogP contribution in [0, 0.1) is 17.8 Å². The van der Waals surface area contributed by atoms with Crippen molar-refractivity contribution in [3.8, 4) is 12.3 Å². The summed E-state index contributed by atoms with van der Waals surface area (Å²) in [6, 6.07) is 0. The largest absolute Gasteiger partial charge is 0.329 e. The van der Waals surface area contributed by atoms with E-state index < -0.39 is 0 Å². The summed E-state index contributed by atoms with van der Waals surface area (Å²) >= 11 is 0. The second-order valence-corrected chi connectivity index (χ2v) is 5.56. The first kappa shape index (κ1) is 12.5. The van der Waals surface area contributed by atoms with E-state index in [4.69, 9.17) is 12.2 Å². The van der Waals surface area contributed by atoms with Gasteiger partial charge in [0.05, 0.1) is 0 Å². The molecule has 2 heteroatoms. The third-order valence-corrected chi connectivity index (χ3v) is 3.49. The smallest absolute Gasteiger partial charge is 0.0309 e. The van der Waals surface area contributed by atoms with Crippen molar-refractivity contribution in [1.82, 2.24) is 5.32 Å². The highest BCUT2D eigenvalue weighted by Crippen LogP contribution is 2.40. The SMILES string of the molecule is C#CCCNC1(CN)CCCC(C)(C)C1. The van der Waals surface area contributed by atoms with Gasteiger partial charge in [0.2, 0.25) is 0 Å². The normalized spacial score (nSPS) is 29.7. The van der Waals surface area contributed by atoms with Gasteiger partial charge in [-0.15, -0.1) is 12.3 Å². The Labute approximate surface area is 94.0 Å². The van der Waals surface area contributed by atoms with E-state index in [1.165, 1.54) is 25.7 Å². The van der Waals surface area contributed by atoms with Crippen molar-refractivity contribution < 1.29 is 0 Å². The second kappa shape index (κ2) is 5.01. The third-order valence-electron chi connectivity index (χ3n) is 3.49. The molecule has 0 aliphatic heterocycles. The number of hydrogen-bond acceptors (Lipinski definition) is 2. The molecule has 0 bridgehead atoms. The minimum Gasteiger partial charge on any atom is -0.329 e. The maximum absolute atomic E-state index is 5.93. The molecule has 0 aromatic heterocycles. The molecule has 2 nitrogen and oxygen atoms in total. The van der Waals surface area contributed by atoms with Gasteiger partial charge in [0.15, 0.2) is 0 Å². The van der Waals surface area contributed by atoms with Crippen molar-refractivity contribution >= 4 is 0 Å². The Balaban J connectivity index is 2.55. The fourth-order valence-corrected chi connectivity index (χ4v) is 2.80. The molecule has 1 aliphatic rings. The maximum atomic E-state index is 5.93. The Bertz CT molecular complexity index is 239. The van der Waals surface area contributed by atoms with Crippen molar-refractivity contribution in [2.45, 2.75) is 51.5 Å². The molecule has 1 aliphatic carbocycles. The van der Waals surface area contributed by atoms with Crippen LogP contribution in [0.2, 0.25) is 0 Å². The van der Waals surface area contributed by atoms with Crippen molar-refractivity contribution in [2.75, 3.05) is 13.1 Å². The van der Waals surface area contributed by atoms with Crippen LogP contribution >= 0.6 is 0 Å². The summed E-state index contributed by atoms with van der Waals surface area (Å²) < 4.78 is 0. The van der Waals surface area contributed by atoms with E-state index in [0.29, 0.717) is 5.41 Å². The Hall–Kier alpha value is -0.520. The van der Waals surface area contributed by atoms with E-state index in [1.54, 1.807) is 0 Å². The molecule has 0 amide bonds. The third kappa shape index (κ3) is 3.52. The van der Waals surface area contributed by atoms with Crippen LogP contribution in [0.25, 0.3) is 0 Å². The number of nitrogens with one attached hydrogen (secondary N) is 1. The molecular formula is C13H24N2. The van der Waals surface area contributed by atoms with Gasteiger partial charge in [-0.2, -0.15) is 0 Å². The molecule has 0 spiro atoms. The summed E-state index contributed by atoms with van der Waals surface area (Å²) in [4.78, 5) is 0. The van der Waals surface area contributed by atoms with Crippen LogP contribution in [0.1, 0.15) is 46.0 Å². The average Bonchev–Trinajstić information content (AvgIpc) is 2.17. The zero-order chi connectivity index (χ0) is 11.4. The first-order valence-electron chi connectivity index (χ1n) is 5.92. The van der Waals surface area contributed by atoms with Crippen LogP contribution in [-0.2, 0) is 0 Å². The van der Waals surface area contributed by atoms with Gasteiger partial charge in [-0.1, -0.05) is 20.3 Å². The fraction of sp³-hybridized carbons (Fsp3) is 0.846. The molecule has 1 atom stereocenters. The molecule has 3 N–H and O–H groups in total. The predicted molar refractivity (Wildman–Crippen MR) is 65.5 cm³/mol. The fourth-order valence-electron chi connectivity index (χ4n) is 2.80. The minimum absolute atomic E-state index is 0.137. The summed E-state index contributed by atoms with van der Waals surface area (Å²) in [5.41, 5.74) is 6.48. The van der Waals surface area contributed by atoms with Gasteiger partial charge in [0.25, 0.3) is 0 Å². The average molecular weight is 208 g/mol. The van der Waals surface area contributed by atoms with Crippen molar-refractivity contribution in [3.05, 3.63) is 0 Å². The zero-order valence-corrected chi connectivity index (χ0v) is 10.1. The monoisotopic (exact) mass is 208 g/mol. The lowest BCUT2D eigenvalue weighted by Crippen LogP contribution is -2.55. The molecule has 15 heavy (non-hydrogen) atoms. The van der Waals surface area contributed by atoms with Crippen LogP contribution < -0.4 is 11.1 Å². The molecule has 0 aromatic rings. The van der Waals surface area contributed by atoms with Crippen molar-refractivity contribution in [3.63, 3.8) is 0 Å². The van der Waals surface area contributed by atoms with E-state index >= 15 is 0 Å². The van der Waals surface area contributed by atoms with Crippen LogP contribution in [0.3, 0.4) is 0 Å². The summed E-state index contributed by atoms with van der Waals surface area (Å²) in [6.07, 6.45) is 11.0. The number of hydrogen-bond donors (Lipinski definition) is 2.